The van der Waals surface area contributed by atoms with Crippen LogP contribution < -0.4 is 5.32 Å². The summed E-state index contributed by atoms with van der Waals surface area (Å²) in [6, 6.07) is 11.1. The van der Waals surface area contributed by atoms with E-state index in [2.05, 4.69) is 40.5 Å². The maximum absolute atomic E-state index is 12.6. The molecule has 0 spiro atoms. The van der Waals surface area contributed by atoms with Crippen LogP contribution in [0, 0.1) is 17.8 Å². The van der Waals surface area contributed by atoms with Crippen molar-refractivity contribution in [2.45, 2.75) is 51.0 Å². The van der Waals surface area contributed by atoms with E-state index in [0.717, 1.165) is 51.2 Å². The Bertz CT molecular complexity index is 550. The first-order valence-corrected chi connectivity index (χ1v) is 9.84. The summed E-state index contributed by atoms with van der Waals surface area (Å²) in [6.45, 7) is 3.38. The average Bonchev–Trinajstić information content (AvgIpc) is 3.25. The van der Waals surface area contributed by atoms with Gasteiger partial charge in [0.1, 0.15) is 0 Å². The Kier molecular flexibility index (Phi) is 4.88. The molecule has 2 aliphatic carbocycles. The number of nitrogens with one attached hydrogen (secondary N) is 1. The second kappa shape index (κ2) is 7.26. The van der Waals surface area contributed by atoms with E-state index in [1.54, 1.807) is 0 Å². The Labute approximate surface area is 145 Å². The molecule has 1 saturated heterocycles. The summed E-state index contributed by atoms with van der Waals surface area (Å²) in [4.78, 5) is 15.1. The van der Waals surface area contributed by atoms with Gasteiger partial charge >= 0.3 is 0 Å². The van der Waals surface area contributed by atoms with Crippen LogP contribution in [-0.4, -0.2) is 36.5 Å². The number of hydrogen-bond acceptors (Lipinski definition) is 2. The summed E-state index contributed by atoms with van der Waals surface area (Å²) in [5.74, 6) is 2.25. The van der Waals surface area contributed by atoms with Gasteiger partial charge in [-0.2, -0.15) is 0 Å². The quantitative estimate of drug-likeness (QED) is 0.901. The third-order valence-electron chi connectivity index (χ3n) is 6.57. The molecule has 3 nitrogen and oxygen atoms in total. The number of carbonyl (C=O) groups excluding carboxylic acids is 1. The van der Waals surface area contributed by atoms with Gasteiger partial charge in [-0.25, -0.2) is 0 Å². The van der Waals surface area contributed by atoms with Crippen LogP contribution in [0.3, 0.4) is 0 Å². The predicted octanol–water partition coefficient (Wildman–Crippen LogP) is 3.25. The molecule has 2 saturated carbocycles. The van der Waals surface area contributed by atoms with Crippen molar-refractivity contribution in [3.8, 4) is 0 Å². The van der Waals surface area contributed by atoms with Crippen molar-refractivity contribution in [1.29, 1.82) is 0 Å². The lowest BCUT2D eigenvalue weighted by molar-refractivity contribution is -0.127. The number of hydrogen-bond donors (Lipinski definition) is 1. The highest BCUT2D eigenvalue weighted by molar-refractivity contribution is 5.79. The van der Waals surface area contributed by atoms with E-state index in [9.17, 15) is 4.79 Å². The highest BCUT2D eigenvalue weighted by Crippen LogP contribution is 2.48. The van der Waals surface area contributed by atoms with E-state index in [0.29, 0.717) is 23.8 Å². The molecule has 3 unspecified atom stereocenters. The van der Waals surface area contributed by atoms with Crippen LogP contribution >= 0.6 is 0 Å². The summed E-state index contributed by atoms with van der Waals surface area (Å²) in [7, 11) is 0. The van der Waals surface area contributed by atoms with E-state index in [-0.39, 0.29) is 0 Å². The zero-order valence-electron chi connectivity index (χ0n) is 14.6. The fourth-order valence-corrected chi connectivity index (χ4v) is 5.11. The van der Waals surface area contributed by atoms with Gasteiger partial charge in [-0.15, -0.1) is 0 Å². The van der Waals surface area contributed by atoms with Crippen LogP contribution in [0.25, 0.3) is 0 Å². The van der Waals surface area contributed by atoms with Gasteiger partial charge in [-0.3, -0.25) is 4.79 Å². The zero-order valence-corrected chi connectivity index (χ0v) is 14.6. The molecule has 1 aliphatic heterocycles. The Morgan fingerprint density at radius 3 is 2.50 bits per heavy atom. The maximum Gasteiger partial charge on any atom is 0.223 e. The number of likely N-dealkylation sites (tertiary alicyclic amines) is 1. The van der Waals surface area contributed by atoms with Crippen molar-refractivity contribution in [1.82, 2.24) is 10.2 Å². The van der Waals surface area contributed by atoms with Crippen LogP contribution in [-0.2, 0) is 11.2 Å². The van der Waals surface area contributed by atoms with Crippen LogP contribution in [0.4, 0.5) is 0 Å². The summed E-state index contributed by atoms with van der Waals surface area (Å²) < 4.78 is 0. The second-order valence-corrected chi connectivity index (χ2v) is 8.14. The van der Waals surface area contributed by atoms with Gasteiger partial charge in [0.2, 0.25) is 5.91 Å². The lowest BCUT2D eigenvalue weighted by Crippen LogP contribution is -2.47. The summed E-state index contributed by atoms with van der Waals surface area (Å²) in [5.41, 5.74) is 1.42. The van der Waals surface area contributed by atoms with Crippen LogP contribution in [0.5, 0.6) is 0 Å². The van der Waals surface area contributed by atoms with Crippen molar-refractivity contribution < 1.29 is 4.79 Å². The van der Waals surface area contributed by atoms with E-state index >= 15 is 0 Å². The van der Waals surface area contributed by atoms with Gasteiger partial charge in [-0.1, -0.05) is 36.8 Å². The fourth-order valence-electron chi connectivity index (χ4n) is 5.11. The van der Waals surface area contributed by atoms with E-state index in [4.69, 9.17) is 0 Å². The number of benzene rings is 1. The van der Waals surface area contributed by atoms with Gasteiger partial charge in [-0.05, 0) is 55.9 Å². The van der Waals surface area contributed by atoms with E-state index in [1.165, 1.54) is 24.8 Å². The number of fused-ring (bicyclic) bond motifs is 2. The molecule has 0 aromatic heterocycles. The molecule has 3 aliphatic rings. The highest BCUT2D eigenvalue weighted by Gasteiger charge is 2.43. The van der Waals surface area contributed by atoms with E-state index in [1.807, 2.05) is 0 Å². The van der Waals surface area contributed by atoms with Crippen molar-refractivity contribution >= 4 is 5.91 Å². The molecule has 24 heavy (non-hydrogen) atoms. The molecule has 3 heteroatoms. The Balaban J connectivity index is 1.18. The zero-order chi connectivity index (χ0) is 16.4. The standard InChI is InChI=1S/C21H30N2O/c24-21(20-15-17-6-7-18(20)14-17)22-19-9-12-23(13-10-19)11-8-16-4-2-1-3-5-16/h1-5,17-20H,6-15H2,(H,22,24). The Morgan fingerprint density at radius 2 is 1.83 bits per heavy atom. The van der Waals surface area contributed by atoms with Gasteiger partial charge in [0.25, 0.3) is 0 Å². The molecule has 1 N–H and O–H groups in total. The van der Waals surface area contributed by atoms with Gasteiger partial charge < -0.3 is 10.2 Å². The minimum Gasteiger partial charge on any atom is -0.353 e. The van der Waals surface area contributed by atoms with Gasteiger partial charge in [0, 0.05) is 31.6 Å². The van der Waals surface area contributed by atoms with Crippen LogP contribution in [0.15, 0.2) is 30.3 Å². The molecular weight excluding hydrogens is 296 g/mol. The van der Waals surface area contributed by atoms with Gasteiger partial charge in [0.15, 0.2) is 0 Å². The number of piperidine rings is 1. The Hall–Kier alpha value is -1.35. The molecule has 2 bridgehead atoms. The molecule has 1 aromatic carbocycles. The number of carbonyl (C=O) groups is 1. The summed E-state index contributed by atoms with van der Waals surface area (Å²) >= 11 is 0. The first-order valence-electron chi connectivity index (χ1n) is 9.84. The SMILES string of the molecule is O=C(NC1CCN(CCc2ccccc2)CC1)C1CC2CCC1C2. The minimum atomic E-state index is 0.333. The maximum atomic E-state index is 12.6. The van der Waals surface area contributed by atoms with Crippen LogP contribution in [0.1, 0.15) is 44.1 Å². The molecule has 1 amide bonds. The monoisotopic (exact) mass is 326 g/mol. The molecule has 1 aromatic rings. The topological polar surface area (TPSA) is 32.3 Å². The van der Waals surface area contributed by atoms with Gasteiger partial charge in [0.05, 0.1) is 0 Å². The summed E-state index contributed by atoms with van der Waals surface area (Å²) in [5, 5.41) is 3.37. The minimum absolute atomic E-state index is 0.333. The smallest absolute Gasteiger partial charge is 0.223 e. The number of nitrogens with zero attached hydrogens (tertiary/aromatic N) is 1. The molecule has 3 fully saturated rings. The molecule has 4 rings (SSSR count). The fraction of sp³-hybridized carbons (Fsp3) is 0.667. The number of rotatable bonds is 5. The first-order chi connectivity index (χ1) is 11.8. The molecule has 0 radical (unpaired) electrons. The summed E-state index contributed by atoms with van der Waals surface area (Å²) in [6.07, 6.45) is 8.49. The molecule has 1 heterocycles. The normalized spacial score (nSPS) is 30.6. The van der Waals surface area contributed by atoms with Crippen LogP contribution in [0.2, 0.25) is 0 Å². The highest BCUT2D eigenvalue weighted by atomic mass is 16.2. The second-order valence-electron chi connectivity index (χ2n) is 8.14. The molecule has 3 atom stereocenters. The lowest BCUT2D eigenvalue weighted by atomic mass is 9.87. The molecular formula is C21H30N2O. The van der Waals surface area contributed by atoms with Crippen molar-refractivity contribution in [3.63, 3.8) is 0 Å². The third-order valence-corrected chi connectivity index (χ3v) is 6.57. The lowest BCUT2D eigenvalue weighted by Gasteiger charge is -2.33. The van der Waals surface area contributed by atoms with Crippen molar-refractivity contribution in [3.05, 3.63) is 35.9 Å². The molecule has 130 valence electrons. The largest absolute Gasteiger partial charge is 0.353 e. The van der Waals surface area contributed by atoms with Crippen molar-refractivity contribution in [2.75, 3.05) is 19.6 Å². The average molecular weight is 326 g/mol. The Morgan fingerprint density at radius 1 is 1.04 bits per heavy atom. The predicted molar refractivity (Wildman–Crippen MR) is 96.7 cm³/mol. The van der Waals surface area contributed by atoms with E-state index < -0.39 is 0 Å². The first kappa shape index (κ1) is 16.1. The third kappa shape index (κ3) is 3.66. The number of amides is 1. The van der Waals surface area contributed by atoms with Crippen molar-refractivity contribution in [2.24, 2.45) is 17.8 Å².